The Kier molecular flexibility index (Phi) is 3.77. The highest BCUT2D eigenvalue weighted by molar-refractivity contribution is 6.30. The molecule has 104 valence electrons. The molecule has 1 aliphatic carbocycles. The van der Waals surface area contributed by atoms with Crippen LogP contribution in [0.3, 0.4) is 0 Å². The maximum atomic E-state index is 13.8. The van der Waals surface area contributed by atoms with E-state index in [1.54, 1.807) is 12.1 Å². The van der Waals surface area contributed by atoms with Gasteiger partial charge in [0.15, 0.2) is 0 Å². The monoisotopic (exact) mass is 289 g/mol. The van der Waals surface area contributed by atoms with E-state index in [0.717, 1.165) is 18.4 Å². The average Bonchev–Trinajstić information content (AvgIpc) is 2.90. The van der Waals surface area contributed by atoms with Crippen LogP contribution < -0.4 is 5.73 Å². The lowest BCUT2D eigenvalue weighted by Crippen LogP contribution is -2.14. The molecule has 2 aromatic rings. The minimum absolute atomic E-state index is 0.200. The van der Waals surface area contributed by atoms with Gasteiger partial charge in [-0.2, -0.15) is 0 Å². The highest BCUT2D eigenvalue weighted by Gasteiger charge is 2.15. The average molecular weight is 290 g/mol. The van der Waals surface area contributed by atoms with Gasteiger partial charge in [0.2, 0.25) is 0 Å². The lowest BCUT2D eigenvalue weighted by atomic mass is 9.96. The van der Waals surface area contributed by atoms with Crippen molar-refractivity contribution >= 4 is 11.6 Å². The second kappa shape index (κ2) is 5.55. The quantitative estimate of drug-likeness (QED) is 0.900. The van der Waals surface area contributed by atoms with Crippen LogP contribution in [-0.2, 0) is 19.3 Å². The molecule has 0 aliphatic heterocycles. The molecule has 0 saturated heterocycles. The zero-order valence-corrected chi connectivity index (χ0v) is 12.0. The summed E-state index contributed by atoms with van der Waals surface area (Å²) in [4.78, 5) is 0. The van der Waals surface area contributed by atoms with Gasteiger partial charge in [-0.05, 0) is 66.1 Å². The Morgan fingerprint density at radius 2 is 1.90 bits per heavy atom. The summed E-state index contributed by atoms with van der Waals surface area (Å²) in [7, 11) is 0. The Morgan fingerprint density at radius 3 is 2.75 bits per heavy atom. The van der Waals surface area contributed by atoms with Crippen LogP contribution in [0.4, 0.5) is 4.39 Å². The first-order chi connectivity index (χ1) is 9.63. The molecule has 0 spiro atoms. The third kappa shape index (κ3) is 2.72. The number of benzene rings is 2. The molecular formula is C17H17ClFN. The fourth-order valence-corrected chi connectivity index (χ4v) is 3.07. The predicted molar refractivity (Wildman–Crippen MR) is 80.5 cm³/mol. The lowest BCUT2D eigenvalue weighted by Gasteiger charge is -2.14. The smallest absolute Gasteiger partial charge is 0.126 e. The molecule has 1 aliphatic rings. The SMILES string of the molecule is NC(Cc1cc(Cl)ccc1F)c1ccc2c(c1)CCC2. The first-order valence-electron chi connectivity index (χ1n) is 6.94. The van der Waals surface area contributed by atoms with Gasteiger partial charge in [0.1, 0.15) is 5.82 Å². The van der Waals surface area contributed by atoms with Gasteiger partial charge in [0.05, 0.1) is 0 Å². The first-order valence-corrected chi connectivity index (χ1v) is 7.32. The maximum absolute atomic E-state index is 13.8. The second-order valence-electron chi connectivity index (χ2n) is 5.43. The number of fused-ring (bicyclic) bond motifs is 1. The minimum Gasteiger partial charge on any atom is -0.324 e. The molecule has 0 aromatic heterocycles. The van der Waals surface area contributed by atoms with Crippen molar-refractivity contribution in [3.8, 4) is 0 Å². The first kappa shape index (κ1) is 13.6. The highest BCUT2D eigenvalue weighted by Crippen LogP contribution is 2.27. The largest absolute Gasteiger partial charge is 0.324 e. The van der Waals surface area contributed by atoms with Crippen LogP contribution in [-0.4, -0.2) is 0 Å². The lowest BCUT2D eigenvalue weighted by molar-refractivity contribution is 0.593. The van der Waals surface area contributed by atoms with Crippen LogP contribution in [0.1, 0.15) is 34.7 Å². The summed E-state index contributed by atoms with van der Waals surface area (Å²) >= 11 is 5.92. The summed E-state index contributed by atoms with van der Waals surface area (Å²) in [6.45, 7) is 0. The van der Waals surface area contributed by atoms with Crippen LogP contribution in [0, 0.1) is 5.82 Å². The number of nitrogens with two attached hydrogens (primary N) is 1. The minimum atomic E-state index is -0.244. The zero-order valence-electron chi connectivity index (χ0n) is 11.2. The molecule has 20 heavy (non-hydrogen) atoms. The van der Waals surface area contributed by atoms with Gasteiger partial charge < -0.3 is 5.73 Å². The third-order valence-corrected chi connectivity index (χ3v) is 4.23. The van der Waals surface area contributed by atoms with Gasteiger partial charge in [-0.15, -0.1) is 0 Å². The van der Waals surface area contributed by atoms with E-state index < -0.39 is 0 Å². The zero-order chi connectivity index (χ0) is 14.1. The van der Waals surface area contributed by atoms with Crippen LogP contribution in [0.2, 0.25) is 5.02 Å². The van der Waals surface area contributed by atoms with Crippen LogP contribution in [0.25, 0.3) is 0 Å². The number of hydrogen-bond donors (Lipinski definition) is 1. The highest BCUT2D eigenvalue weighted by atomic mass is 35.5. The summed E-state index contributed by atoms with van der Waals surface area (Å²) < 4.78 is 13.8. The molecule has 0 bridgehead atoms. The van der Waals surface area contributed by atoms with E-state index in [4.69, 9.17) is 17.3 Å². The summed E-state index contributed by atoms with van der Waals surface area (Å²) in [6.07, 6.45) is 3.97. The van der Waals surface area contributed by atoms with Crippen molar-refractivity contribution in [3.63, 3.8) is 0 Å². The molecule has 0 amide bonds. The van der Waals surface area contributed by atoms with Crippen molar-refractivity contribution in [1.29, 1.82) is 0 Å². The van der Waals surface area contributed by atoms with E-state index >= 15 is 0 Å². The standard InChI is InChI=1S/C17H17ClFN/c18-15-6-7-16(19)14(9-15)10-17(20)13-5-4-11-2-1-3-12(11)8-13/h4-9,17H,1-3,10,20H2. The fraction of sp³-hybridized carbons (Fsp3) is 0.294. The molecule has 1 unspecified atom stereocenters. The van der Waals surface area contributed by atoms with Gasteiger partial charge in [-0.25, -0.2) is 4.39 Å². The molecule has 1 nitrogen and oxygen atoms in total. The van der Waals surface area contributed by atoms with E-state index in [-0.39, 0.29) is 11.9 Å². The van der Waals surface area contributed by atoms with E-state index in [1.165, 1.54) is 23.6 Å². The van der Waals surface area contributed by atoms with E-state index in [1.807, 2.05) is 0 Å². The molecule has 0 fully saturated rings. The molecule has 2 N–H and O–H groups in total. The summed E-state index contributed by atoms with van der Waals surface area (Å²) in [5.41, 5.74) is 10.7. The number of rotatable bonds is 3. The van der Waals surface area contributed by atoms with Crippen molar-refractivity contribution in [2.45, 2.75) is 31.7 Å². The molecular weight excluding hydrogens is 273 g/mol. The Bertz CT molecular complexity index is 639. The Hall–Kier alpha value is -1.38. The van der Waals surface area contributed by atoms with Crippen molar-refractivity contribution < 1.29 is 4.39 Å². The predicted octanol–water partition coefficient (Wildman–Crippen LogP) is 4.21. The molecule has 2 aromatic carbocycles. The molecule has 3 rings (SSSR count). The van der Waals surface area contributed by atoms with Crippen molar-refractivity contribution in [2.75, 3.05) is 0 Å². The number of hydrogen-bond acceptors (Lipinski definition) is 1. The molecule has 1 atom stereocenters. The summed E-state index contributed by atoms with van der Waals surface area (Å²) in [6, 6.07) is 10.8. The third-order valence-electron chi connectivity index (χ3n) is 4.00. The second-order valence-corrected chi connectivity index (χ2v) is 5.86. The van der Waals surface area contributed by atoms with Gasteiger partial charge in [-0.3, -0.25) is 0 Å². The Morgan fingerprint density at radius 1 is 1.10 bits per heavy atom. The maximum Gasteiger partial charge on any atom is 0.126 e. The van der Waals surface area contributed by atoms with Crippen molar-refractivity contribution in [3.05, 3.63) is 69.5 Å². The summed E-state index contributed by atoms with van der Waals surface area (Å²) in [5, 5.41) is 0.544. The van der Waals surface area contributed by atoms with Crippen LogP contribution in [0.5, 0.6) is 0 Å². The van der Waals surface area contributed by atoms with Gasteiger partial charge >= 0.3 is 0 Å². The fourth-order valence-electron chi connectivity index (χ4n) is 2.88. The van der Waals surface area contributed by atoms with Gasteiger partial charge in [0, 0.05) is 11.1 Å². The van der Waals surface area contributed by atoms with Crippen LogP contribution in [0.15, 0.2) is 36.4 Å². The summed E-state index contributed by atoms with van der Waals surface area (Å²) in [5.74, 6) is -0.244. The molecule has 0 heterocycles. The van der Waals surface area contributed by atoms with Gasteiger partial charge in [-0.1, -0.05) is 29.8 Å². The van der Waals surface area contributed by atoms with Crippen molar-refractivity contribution in [1.82, 2.24) is 0 Å². The Labute approximate surface area is 123 Å². The normalized spacial score (nSPS) is 15.2. The van der Waals surface area contributed by atoms with Gasteiger partial charge in [0.25, 0.3) is 0 Å². The molecule has 0 radical (unpaired) electrons. The number of halogens is 2. The van der Waals surface area contributed by atoms with E-state index in [2.05, 4.69) is 18.2 Å². The Balaban J connectivity index is 1.82. The molecule has 3 heteroatoms. The van der Waals surface area contributed by atoms with Crippen LogP contribution >= 0.6 is 11.6 Å². The number of aryl methyl sites for hydroxylation is 2. The topological polar surface area (TPSA) is 26.0 Å². The van der Waals surface area contributed by atoms with E-state index in [0.29, 0.717) is 17.0 Å². The van der Waals surface area contributed by atoms with E-state index in [9.17, 15) is 4.39 Å². The van der Waals surface area contributed by atoms with Crippen molar-refractivity contribution in [2.24, 2.45) is 5.73 Å². The molecule has 0 saturated carbocycles.